The minimum atomic E-state index is -3.08. The fourth-order valence-electron chi connectivity index (χ4n) is 7.75. The van der Waals surface area contributed by atoms with Crippen molar-refractivity contribution in [3.63, 3.8) is 0 Å². The zero-order valence-electron chi connectivity index (χ0n) is 35.1. The monoisotopic (exact) mass is 805 g/mol. The zero-order chi connectivity index (χ0) is 40.7. The molecule has 0 spiro atoms. The van der Waals surface area contributed by atoms with Gasteiger partial charge in [0.2, 0.25) is 11.4 Å². The van der Waals surface area contributed by atoms with Gasteiger partial charge in [-0.2, -0.15) is 4.57 Å². The molecule has 0 aliphatic carbocycles. The first-order valence-electron chi connectivity index (χ1n) is 21.9. The van der Waals surface area contributed by atoms with E-state index in [2.05, 4.69) is 76.5 Å². The van der Waals surface area contributed by atoms with Gasteiger partial charge in [0.15, 0.2) is 6.20 Å². The number of unbranched alkanes of at least 4 members (excludes halogenated alkanes) is 11. The lowest BCUT2D eigenvalue weighted by Gasteiger charge is -2.31. The van der Waals surface area contributed by atoms with Crippen molar-refractivity contribution in [1.29, 1.82) is 0 Å². The quantitative estimate of drug-likeness (QED) is 0.0290. The van der Waals surface area contributed by atoms with Gasteiger partial charge in [-0.1, -0.05) is 114 Å². The number of aryl methyl sites for hydroxylation is 2. The number of allylic oxidation sites excluding steroid dienone is 1. The number of carbonyl (C=O) groups excluding carboxylic acids is 1. The third-order valence-corrected chi connectivity index (χ3v) is 13.0. The summed E-state index contributed by atoms with van der Waals surface area (Å²) in [6.45, 7) is 7.96. The summed E-state index contributed by atoms with van der Waals surface area (Å²) in [5.41, 5.74) is 5.55. The summed E-state index contributed by atoms with van der Waals surface area (Å²) in [7, 11) is -3.08. The molecule has 0 bridgehead atoms. The van der Waals surface area contributed by atoms with Crippen molar-refractivity contribution in [3.05, 3.63) is 83.6 Å². The van der Waals surface area contributed by atoms with E-state index in [-0.39, 0.29) is 19.1 Å². The van der Waals surface area contributed by atoms with Crippen LogP contribution >= 0.6 is 7.60 Å². The number of para-hydroxylation sites is 1. The lowest BCUT2D eigenvalue weighted by molar-refractivity contribution is -0.671. The summed E-state index contributed by atoms with van der Waals surface area (Å²) in [6, 6.07) is 16.1. The van der Waals surface area contributed by atoms with E-state index in [0.717, 1.165) is 59.9 Å². The maximum absolute atomic E-state index is 13.2. The Morgan fingerprint density at radius 3 is 2.32 bits per heavy atom. The molecule has 1 amide bonds. The Bertz CT molecular complexity index is 1740. The van der Waals surface area contributed by atoms with Gasteiger partial charge in [-0.3, -0.25) is 9.36 Å². The first-order valence-corrected chi connectivity index (χ1v) is 23.6. The Morgan fingerprint density at radius 2 is 1.61 bits per heavy atom. The van der Waals surface area contributed by atoms with Crippen LogP contribution in [0.3, 0.4) is 0 Å². The van der Waals surface area contributed by atoms with Crippen molar-refractivity contribution in [3.8, 4) is 0 Å². The number of amides is 1. The number of nitrogens with zero attached hydrogens (tertiary/aromatic N) is 2. The van der Waals surface area contributed by atoms with Crippen molar-refractivity contribution in [2.75, 3.05) is 44.0 Å². The van der Waals surface area contributed by atoms with E-state index in [4.69, 9.17) is 9.05 Å². The molecule has 9 nitrogen and oxygen atoms in total. The summed E-state index contributed by atoms with van der Waals surface area (Å²) < 4.78 is 26.1. The van der Waals surface area contributed by atoms with Crippen molar-refractivity contribution < 1.29 is 33.2 Å². The summed E-state index contributed by atoms with van der Waals surface area (Å²) in [4.78, 5) is 15.3. The Hall–Kier alpha value is -3.33. The zero-order valence-corrected chi connectivity index (χ0v) is 36.0. The summed E-state index contributed by atoms with van der Waals surface area (Å²) in [6.07, 6.45) is 27.2. The van der Waals surface area contributed by atoms with Crippen LogP contribution in [0.5, 0.6) is 0 Å². The maximum Gasteiger partial charge on any atom is 0.330 e. The van der Waals surface area contributed by atoms with Gasteiger partial charge in [-0.25, -0.2) is 0 Å². The molecule has 3 N–H and O–H groups in total. The Balaban J connectivity index is 1.26. The molecule has 0 fully saturated rings. The van der Waals surface area contributed by atoms with E-state index in [1.54, 1.807) is 6.08 Å². The topological polar surface area (TPSA) is 112 Å². The highest BCUT2D eigenvalue weighted by Gasteiger charge is 2.25. The second-order valence-electron chi connectivity index (χ2n) is 15.4. The van der Waals surface area contributed by atoms with Crippen molar-refractivity contribution in [2.24, 2.45) is 0 Å². The fourth-order valence-corrected chi connectivity index (χ4v) is 9.40. The van der Waals surface area contributed by atoms with Crippen LogP contribution in [0.2, 0.25) is 0 Å². The third kappa shape index (κ3) is 15.7. The van der Waals surface area contributed by atoms with E-state index in [1.807, 2.05) is 32.1 Å². The minimum absolute atomic E-state index is 0.165. The van der Waals surface area contributed by atoms with Crippen LogP contribution in [-0.4, -0.2) is 67.3 Å². The third-order valence-electron chi connectivity index (χ3n) is 10.8. The van der Waals surface area contributed by atoms with Crippen molar-refractivity contribution in [2.45, 2.75) is 136 Å². The van der Waals surface area contributed by atoms with Crippen LogP contribution < -0.4 is 14.8 Å². The molecule has 2 heterocycles. The van der Waals surface area contributed by atoms with E-state index < -0.39 is 19.7 Å². The molecule has 57 heavy (non-hydrogen) atoms. The molecule has 10 heteroatoms. The average Bonchev–Trinajstić information content (AvgIpc) is 3.21. The number of hydrogen-bond acceptors (Lipinski definition) is 7. The molecule has 0 saturated heterocycles. The van der Waals surface area contributed by atoms with E-state index in [0.29, 0.717) is 32.3 Å². The Kier molecular flexibility index (Phi) is 21.1. The molecule has 2 atom stereocenters. The molecular weight excluding hydrogens is 734 g/mol. The van der Waals surface area contributed by atoms with Crippen LogP contribution in [0, 0.1) is 0 Å². The molecule has 1 aromatic heterocycles. The highest BCUT2D eigenvalue weighted by atomic mass is 31.2. The van der Waals surface area contributed by atoms with Gasteiger partial charge in [0, 0.05) is 30.8 Å². The second kappa shape index (κ2) is 25.9. The standard InChI is InChI=1S/C47H70N3O6P/c1-4-7-8-9-10-11-12-13-14-15-16-17-18-26-46(52)43(38-51)48-47(53)37-50-32-21-23-41-36-39(28-30-44(41)50)27-29-40-31-34-49(45-25-20-19-24-42(40)45)33-22-35-57(54,55-5-2)56-6-3/h18-20,24-31,34,36,43,46,51-52H,4-17,21-23,32-33,35,37-38H2,1-3H3/p+1/b26-18+. The Morgan fingerprint density at radius 1 is 0.912 bits per heavy atom. The molecule has 3 aromatic rings. The van der Waals surface area contributed by atoms with Crippen molar-refractivity contribution in [1.82, 2.24) is 5.32 Å². The molecule has 0 saturated carbocycles. The second-order valence-corrected chi connectivity index (χ2v) is 17.5. The van der Waals surface area contributed by atoms with Crippen LogP contribution in [0.1, 0.15) is 127 Å². The highest BCUT2D eigenvalue weighted by molar-refractivity contribution is 7.53. The first-order chi connectivity index (χ1) is 27.8. The number of aliphatic hydroxyl groups excluding tert-OH is 2. The van der Waals surface area contributed by atoms with Gasteiger partial charge in [-0.15, -0.1) is 0 Å². The minimum Gasteiger partial charge on any atom is -0.394 e. The van der Waals surface area contributed by atoms with Crippen LogP contribution in [0.15, 0.2) is 66.9 Å². The predicted molar refractivity (Wildman–Crippen MR) is 236 cm³/mol. The normalized spacial score (nSPS) is 14.4. The number of pyridine rings is 1. The molecule has 2 aromatic carbocycles. The molecule has 1 aliphatic heterocycles. The lowest BCUT2D eigenvalue weighted by atomic mass is 9.98. The smallest absolute Gasteiger partial charge is 0.330 e. The number of anilines is 1. The predicted octanol–water partition coefficient (Wildman–Crippen LogP) is 9.80. The van der Waals surface area contributed by atoms with Gasteiger partial charge < -0.3 is 29.5 Å². The van der Waals surface area contributed by atoms with Crippen molar-refractivity contribution >= 4 is 42.2 Å². The van der Waals surface area contributed by atoms with Crippen LogP contribution in [-0.2, 0) is 31.4 Å². The summed E-state index contributed by atoms with van der Waals surface area (Å²) >= 11 is 0. The number of nitrogens with one attached hydrogen (secondary N) is 1. The van der Waals surface area contributed by atoms with Gasteiger partial charge in [0.1, 0.15) is 6.54 Å². The van der Waals surface area contributed by atoms with Gasteiger partial charge in [0.05, 0.1) is 50.1 Å². The molecule has 0 radical (unpaired) electrons. The SMILES string of the molecule is CCCCCCCCCCCCC/C=C/C(O)C(CO)NC(=O)CN1CCCc2cc(C=Cc3cc[n+](CCCP(=O)(OCC)OCC)c4ccccc34)ccc21. The number of aliphatic hydroxyl groups is 2. The fraction of sp³-hybridized carbons (Fsp3) is 0.574. The van der Waals surface area contributed by atoms with Gasteiger partial charge in [-0.05, 0) is 74.4 Å². The van der Waals surface area contributed by atoms with Gasteiger partial charge >= 0.3 is 7.60 Å². The number of benzene rings is 2. The van der Waals surface area contributed by atoms with E-state index in [1.165, 1.54) is 69.8 Å². The maximum atomic E-state index is 13.2. The highest BCUT2D eigenvalue weighted by Crippen LogP contribution is 2.48. The number of aromatic nitrogens is 1. The average molecular weight is 805 g/mol. The molecule has 4 rings (SSSR count). The summed E-state index contributed by atoms with van der Waals surface area (Å²) in [5.74, 6) is -0.213. The largest absolute Gasteiger partial charge is 0.394 e. The van der Waals surface area contributed by atoms with Crippen LogP contribution in [0.4, 0.5) is 5.69 Å². The molecular formula is C47H71N3O6P+. The van der Waals surface area contributed by atoms with Gasteiger partial charge in [0.25, 0.3) is 0 Å². The molecule has 1 aliphatic rings. The van der Waals surface area contributed by atoms with E-state index in [9.17, 15) is 19.6 Å². The number of rotatable bonds is 28. The first kappa shape index (κ1) is 46.4. The Labute approximate surface area is 343 Å². The number of carbonyl (C=O) groups is 1. The lowest BCUT2D eigenvalue weighted by Crippen LogP contribution is -2.49. The van der Waals surface area contributed by atoms with Crippen LogP contribution in [0.25, 0.3) is 23.1 Å². The molecule has 314 valence electrons. The number of fused-ring (bicyclic) bond motifs is 2. The molecule has 2 unspecified atom stereocenters. The summed E-state index contributed by atoms with van der Waals surface area (Å²) in [5, 5.41) is 24.7. The van der Waals surface area contributed by atoms with E-state index >= 15 is 0 Å². The number of hydrogen-bond donors (Lipinski definition) is 3.